The first-order chi connectivity index (χ1) is 10.2. The number of hydrogen-bond acceptors (Lipinski definition) is 2. The third-order valence-corrected chi connectivity index (χ3v) is 4.32. The molecule has 1 heterocycles. The molecule has 2 N–H and O–H groups in total. The highest BCUT2D eigenvalue weighted by Crippen LogP contribution is 2.26. The lowest BCUT2D eigenvalue weighted by Gasteiger charge is -2.30. The smallest absolute Gasteiger partial charge is 0.191 e. The van der Waals surface area contributed by atoms with Gasteiger partial charge >= 0.3 is 0 Å². The molecule has 0 radical (unpaired) electrons. The van der Waals surface area contributed by atoms with Crippen LogP contribution in [0.4, 0.5) is 0 Å². The molecule has 1 aliphatic carbocycles. The first kappa shape index (κ1) is 15.9. The Morgan fingerprint density at radius 3 is 3.00 bits per heavy atom. The quantitative estimate of drug-likeness (QED) is 0.646. The molecule has 0 spiro atoms. The topological polar surface area (TPSA) is 54.2 Å². The van der Waals surface area contributed by atoms with Gasteiger partial charge < -0.3 is 10.6 Å². The number of nitrogens with zero attached hydrogens (tertiary/aromatic N) is 3. The summed E-state index contributed by atoms with van der Waals surface area (Å²) in [4.78, 5) is 4.33. The van der Waals surface area contributed by atoms with Crippen LogP contribution in [0.2, 0.25) is 0 Å². The Morgan fingerprint density at radius 1 is 1.48 bits per heavy atom. The largest absolute Gasteiger partial charge is 0.355 e. The van der Waals surface area contributed by atoms with Gasteiger partial charge in [0.25, 0.3) is 0 Å². The van der Waals surface area contributed by atoms with E-state index in [9.17, 15) is 0 Å². The molecule has 2 atom stereocenters. The minimum absolute atomic E-state index is 0.571. The van der Waals surface area contributed by atoms with Gasteiger partial charge in [-0.1, -0.05) is 26.2 Å². The molecule has 118 valence electrons. The number of aromatic nitrogens is 2. The number of hydrogen-bond donors (Lipinski definition) is 2. The molecule has 0 bridgehead atoms. The van der Waals surface area contributed by atoms with E-state index >= 15 is 0 Å². The predicted molar refractivity (Wildman–Crippen MR) is 87.5 cm³/mol. The summed E-state index contributed by atoms with van der Waals surface area (Å²) in [6.07, 6.45) is 10.5. The molecule has 1 fully saturated rings. The highest BCUT2D eigenvalue weighted by atomic mass is 15.3. The van der Waals surface area contributed by atoms with Gasteiger partial charge in [-0.15, -0.1) is 0 Å². The molecular weight excluding hydrogens is 262 g/mol. The Morgan fingerprint density at radius 2 is 2.33 bits per heavy atom. The van der Waals surface area contributed by atoms with Gasteiger partial charge in [-0.3, -0.25) is 9.67 Å². The van der Waals surface area contributed by atoms with E-state index in [0.29, 0.717) is 6.04 Å². The minimum atomic E-state index is 0.571. The van der Waals surface area contributed by atoms with Crippen molar-refractivity contribution in [2.75, 3.05) is 13.6 Å². The summed E-state index contributed by atoms with van der Waals surface area (Å²) in [7, 11) is 1.84. The Bertz CT molecular complexity index is 451. The summed E-state index contributed by atoms with van der Waals surface area (Å²) >= 11 is 0. The molecule has 1 aromatic heterocycles. The van der Waals surface area contributed by atoms with E-state index in [1.165, 1.54) is 37.7 Å². The predicted octanol–water partition coefficient (Wildman–Crippen LogP) is 2.33. The van der Waals surface area contributed by atoms with Crippen molar-refractivity contribution in [3.63, 3.8) is 0 Å². The maximum atomic E-state index is 4.33. The van der Waals surface area contributed by atoms with Gasteiger partial charge in [-0.05, 0) is 31.2 Å². The molecule has 1 aliphatic rings. The molecule has 0 aromatic carbocycles. The highest BCUT2D eigenvalue weighted by molar-refractivity contribution is 5.79. The van der Waals surface area contributed by atoms with Crippen molar-refractivity contribution in [2.24, 2.45) is 10.9 Å². The molecule has 0 aliphatic heterocycles. The number of nitrogens with one attached hydrogen (secondary N) is 2. The zero-order valence-corrected chi connectivity index (χ0v) is 13.6. The standard InChI is InChI=1S/C16H29N5/c1-4-14-6-5-7-15(10-14)20-16(17-3)18-8-9-21-12-13(2)11-19-21/h11-12,14-15H,4-10H2,1-3H3,(H2,17,18,20). The van der Waals surface area contributed by atoms with Crippen LogP contribution in [-0.4, -0.2) is 35.4 Å². The van der Waals surface area contributed by atoms with Gasteiger partial charge in [0.1, 0.15) is 0 Å². The molecule has 5 heteroatoms. The molecule has 5 nitrogen and oxygen atoms in total. The van der Waals surface area contributed by atoms with Crippen LogP contribution in [0, 0.1) is 12.8 Å². The van der Waals surface area contributed by atoms with E-state index in [1.54, 1.807) is 0 Å². The fourth-order valence-electron chi connectivity index (χ4n) is 3.06. The van der Waals surface area contributed by atoms with E-state index in [2.05, 4.69) is 40.8 Å². The van der Waals surface area contributed by atoms with Crippen LogP contribution >= 0.6 is 0 Å². The number of guanidine groups is 1. The maximum Gasteiger partial charge on any atom is 0.191 e. The van der Waals surface area contributed by atoms with E-state index in [-0.39, 0.29) is 0 Å². The summed E-state index contributed by atoms with van der Waals surface area (Å²) in [6, 6.07) is 0.571. The maximum absolute atomic E-state index is 4.33. The van der Waals surface area contributed by atoms with Crippen molar-refractivity contribution < 1.29 is 0 Å². The highest BCUT2D eigenvalue weighted by Gasteiger charge is 2.21. The van der Waals surface area contributed by atoms with E-state index < -0.39 is 0 Å². The summed E-state index contributed by atoms with van der Waals surface area (Å²) in [5.41, 5.74) is 1.20. The molecule has 1 aromatic rings. The average Bonchev–Trinajstić information content (AvgIpc) is 2.92. The van der Waals surface area contributed by atoms with Gasteiger partial charge in [0.05, 0.1) is 12.7 Å². The second-order valence-corrected chi connectivity index (χ2v) is 6.06. The van der Waals surface area contributed by atoms with Crippen molar-refractivity contribution in [3.8, 4) is 0 Å². The molecule has 0 amide bonds. The average molecular weight is 291 g/mol. The van der Waals surface area contributed by atoms with E-state index in [0.717, 1.165) is 25.0 Å². The van der Waals surface area contributed by atoms with Gasteiger partial charge in [0.2, 0.25) is 0 Å². The van der Waals surface area contributed by atoms with Gasteiger partial charge in [-0.25, -0.2) is 0 Å². The lowest BCUT2D eigenvalue weighted by atomic mass is 9.84. The molecule has 2 unspecified atom stereocenters. The van der Waals surface area contributed by atoms with Crippen molar-refractivity contribution in [1.29, 1.82) is 0 Å². The van der Waals surface area contributed by atoms with Crippen molar-refractivity contribution in [1.82, 2.24) is 20.4 Å². The molecule has 2 rings (SSSR count). The lowest BCUT2D eigenvalue weighted by molar-refractivity contribution is 0.298. The fourth-order valence-corrected chi connectivity index (χ4v) is 3.06. The second kappa shape index (κ2) is 8.05. The Balaban J connectivity index is 1.73. The molecular formula is C16H29N5. The van der Waals surface area contributed by atoms with Crippen LogP contribution in [0.3, 0.4) is 0 Å². The normalized spacial score (nSPS) is 23.1. The number of rotatable bonds is 5. The van der Waals surface area contributed by atoms with Crippen LogP contribution in [0.1, 0.15) is 44.6 Å². The summed E-state index contributed by atoms with van der Waals surface area (Å²) < 4.78 is 1.96. The first-order valence-electron chi connectivity index (χ1n) is 8.17. The van der Waals surface area contributed by atoms with Crippen LogP contribution in [-0.2, 0) is 6.54 Å². The van der Waals surface area contributed by atoms with Gasteiger partial charge in [0.15, 0.2) is 5.96 Å². The molecule has 21 heavy (non-hydrogen) atoms. The van der Waals surface area contributed by atoms with Crippen LogP contribution in [0.5, 0.6) is 0 Å². The second-order valence-electron chi connectivity index (χ2n) is 6.06. The third kappa shape index (κ3) is 5.06. The SMILES string of the molecule is CCC1CCCC(NC(=NC)NCCn2cc(C)cn2)C1. The van der Waals surface area contributed by atoms with Crippen molar-refractivity contribution >= 4 is 5.96 Å². The zero-order valence-electron chi connectivity index (χ0n) is 13.6. The number of aryl methyl sites for hydroxylation is 1. The summed E-state index contributed by atoms with van der Waals surface area (Å²) in [6.45, 7) is 6.05. The van der Waals surface area contributed by atoms with Crippen LogP contribution in [0.15, 0.2) is 17.4 Å². The van der Waals surface area contributed by atoms with Crippen LogP contribution < -0.4 is 10.6 Å². The van der Waals surface area contributed by atoms with Crippen molar-refractivity contribution in [3.05, 3.63) is 18.0 Å². The number of aliphatic imine (C=N–C) groups is 1. The Hall–Kier alpha value is -1.52. The first-order valence-corrected chi connectivity index (χ1v) is 8.17. The monoisotopic (exact) mass is 291 g/mol. The minimum Gasteiger partial charge on any atom is -0.355 e. The summed E-state index contributed by atoms with van der Waals surface area (Å²) in [5.74, 6) is 1.79. The summed E-state index contributed by atoms with van der Waals surface area (Å²) in [5, 5.41) is 11.2. The van der Waals surface area contributed by atoms with E-state index in [4.69, 9.17) is 0 Å². The van der Waals surface area contributed by atoms with E-state index in [1.807, 2.05) is 17.9 Å². The van der Waals surface area contributed by atoms with Gasteiger partial charge in [-0.2, -0.15) is 5.10 Å². The third-order valence-electron chi connectivity index (χ3n) is 4.32. The van der Waals surface area contributed by atoms with Crippen LogP contribution in [0.25, 0.3) is 0 Å². The lowest BCUT2D eigenvalue weighted by Crippen LogP contribution is -2.46. The Labute approximate surface area is 128 Å². The Kier molecular flexibility index (Phi) is 6.08. The molecule has 0 saturated heterocycles. The molecule has 1 saturated carbocycles. The fraction of sp³-hybridized carbons (Fsp3) is 0.750. The zero-order chi connectivity index (χ0) is 15.1. The van der Waals surface area contributed by atoms with Gasteiger partial charge in [0, 0.05) is 25.8 Å². The van der Waals surface area contributed by atoms with Crippen molar-refractivity contribution in [2.45, 2.75) is 58.5 Å².